The fourth-order valence-corrected chi connectivity index (χ4v) is 2.68. The zero-order valence-electron chi connectivity index (χ0n) is 12.6. The Morgan fingerprint density at radius 1 is 1.30 bits per heavy atom. The van der Waals surface area contributed by atoms with Gasteiger partial charge in [0.25, 0.3) is 5.71 Å². The van der Waals surface area contributed by atoms with Crippen LogP contribution in [0.25, 0.3) is 11.1 Å². The van der Waals surface area contributed by atoms with Crippen molar-refractivity contribution >= 4 is 16.9 Å². The van der Waals surface area contributed by atoms with Crippen LogP contribution >= 0.6 is 0 Å². The number of ether oxygens (including phenoxy) is 1. The van der Waals surface area contributed by atoms with E-state index in [1.165, 1.54) is 12.4 Å². The summed E-state index contributed by atoms with van der Waals surface area (Å²) in [7, 11) is 0. The Morgan fingerprint density at radius 3 is 2.96 bits per heavy atom. The first kappa shape index (κ1) is 14.1. The summed E-state index contributed by atoms with van der Waals surface area (Å²) in [6.07, 6.45) is 1.52. The first-order chi connectivity index (χ1) is 11.2. The van der Waals surface area contributed by atoms with Crippen LogP contribution in [0.5, 0.6) is 0 Å². The van der Waals surface area contributed by atoms with Gasteiger partial charge < -0.3 is 14.2 Å². The Kier molecular flexibility index (Phi) is 3.42. The molecule has 0 spiro atoms. The van der Waals surface area contributed by atoms with Gasteiger partial charge in [0.2, 0.25) is 0 Å². The van der Waals surface area contributed by atoms with Crippen LogP contribution in [-0.2, 0) is 11.3 Å². The van der Waals surface area contributed by atoms with Crippen molar-refractivity contribution in [3.8, 4) is 0 Å². The van der Waals surface area contributed by atoms with Gasteiger partial charge in [-0.2, -0.15) is 4.98 Å². The molecule has 0 atom stereocenters. The second-order valence-corrected chi connectivity index (χ2v) is 5.57. The quantitative estimate of drug-likeness (QED) is 0.737. The molecule has 4 rings (SSSR count). The zero-order chi connectivity index (χ0) is 15.8. The maximum absolute atomic E-state index is 13.6. The molecule has 1 aliphatic heterocycles. The zero-order valence-corrected chi connectivity index (χ0v) is 12.6. The highest BCUT2D eigenvalue weighted by Crippen LogP contribution is 2.29. The number of nitrogens with zero attached hydrogens (tertiary/aromatic N) is 4. The van der Waals surface area contributed by atoms with Gasteiger partial charge in [-0.3, -0.25) is 0 Å². The highest BCUT2D eigenvalue weighted by Gasteiger charge is 2.31. The number of halogens is 1. The Hall–Kier alpha value is -2.54. The molecule has 0 unspecified atom stereocenters. The van der Waals surface area contributed by atoms with E-state index in [2.05, 4.69) is 20.0 Å². The summed E-state index contributed by atoms with van der Waals surface area (Å²) in [5, 5.41) is 4.76. The molecule has 2 aromatic heterocycles. The lowest BCUT2D eigenvalue weighted by Gasteiger charge is -2.39. The molecule has 23 heavy (non-hydrogen) atoms. The average molecular weight is 314 g/mol. The maximum atomic E-state index is 13.6. The summed E-state index contributed by atoms with van der Waals surface area (Å²) in [4.78, 5) is 10.5. The number of fused-ring (bicyclic) bond motifs is 1. The summed E-state index contributed by atoms with van der Waals surface area (Å²) in [6.45, 7) is 3.54. The summed E-state index contributed by atoms with van der Waals surface area (Å²) in [5.74, 6) is 0.570. The topological polar surface area (TPSA) is 64.3 Å². The number of hydrogen-bond donors (Lipinski definition) is 0. The van der Waals surface area contributed by atoms with Crippen molar-refractivity contribution in [3.05, 3.63) is 47.7 Å². The molecule has 1 aromatic carbocycles. The van der Waals surface area contributed by atoms with Crippen molar-refractivity contribution in [1.82, 2.24) is 15.1 Å². The van der Waals surface area contributed by atoms with Gasteiger partial charge in [0.05, 0.1) is 18.4 Å². The smallest absolute Gasteiger partial charge is 0.263 e. The SMILES string of the molecule is Cc1noc2ncnc(N3CC(OCc4ccccc4F)C3)c12. The van der Waals surface area contributed by atoms with Crippen LogP contribution < -0.4 is 4.90 Å². The van der Waals surface area contributed by atoms with E-state index in [9.17, 15) is 4.39 Å². The Morgan fingerprint density at radius 2 is 2.13 bits per heavy atom. The van der Waals surface area contributed by atoms with Crippen molar-refractivity contribution in [3.63, 3.8) is 0 Å². The van der Waals surface area contributed by atoms with Crippen molar-refractivity contribution < 1.29 is 13.7 Å². The average Bonchev–Trinajstić information content (AvgIpc) is 2.90. The minimum absolute atomic E-state index is 0.0554. The molecule has 1 aliphatic rings. The van der Waals surface area contributed by atoms with Gasteiger partial charge in [-0.15, -0.1) is 0 Å². The second kappa shape index (κ2) is 5.58. The fraction of sp³-hybridized carbons (Fsp3) is 0.312. The van der Waals surface area contributed by atoms with E-state index in [0.717, 1.165) is 16.9 Å². The molecule has 0 N–H and O–H groups in total. The normalized spacial score (nSPS) is 15.1. The molecule has 0 bridgehead atoms. The third kappa shape index (κ3) is 2.53. The van der Waals surface area contributed by atoms with Gasteiger partial charge in [-0.1, -0.05) is 23.4 Å². The molecular weight excluding hydrogens is 299 g/mol. The molecule has 3 heterocycles. The number of benzene rings is 1. The van der Waals surface area contributed by atoms with E-state index >= 15 is 0 Å². The van der Waals surface area contributed by atoms with Gasteiger partial charge >= 0.3 is 0 Å². The lowest BCUT2D eigenvalue weighted by molar-refractivity contribution is 0.0209. The van der Waals surface area contributed by atoms with Crippen LogP contribution in [0.3, 0.4) is 0 Å². The number of anilines is 1. The molecule has 0 radical (unpaired) electrons. The van der Waals surface area contributed by atoms with Crippen LogP contribution in [0.2, 0.25) is 0 Å². The van der Waals surface area contributed by atoms with E-state index in [4.69, 9.17) is 9.26 Å². The second-order valence-electron chi connectivity index (χ2n) is 5.57. The molecule has 1 saturated heterocycles. The van der Waals surface area contributed by atoms with Crippen LogP contribution in [0.4, 0.5) is 10.2 Å². The predicted molar refractivity (Wildman–Crippen MR) is 81.5 cm³/mol. The highest BCUT2D eigenvalue weighted by molar-refractivity contribution is 5.88. The number of aryl methyl sites for hydroxylation is 1. The van der Waals surface area contributed by atoms with Gasteiger partial charge in [-0.05, 0) is 13.0 Å². The third-order valence-corrected chi connectivity index (χ3v) is 4.00. The van der Waals surface area contributed by atoms with E-state index in [-0.39, 0.29) is 18.5 Å². The van der Waals surface area contributed by atoms with E-state index < -0.39 is 0 Å². The first-order valence-electron chi connectivity index (χ1n) is 7.39. The summed E-state index contributed by atoms with van der Waals surface area (Å²) >= 11 is 0. The molecule has 1 fully saturated rings. The summed E-state index contributed by atoms with van der Waals surface area (Å²) < 4.78 is 24.5. The minimum atomic E-state index is -0.235. The molecule has 0 aliphatic carbocycles. The number of hydrogen-bond acceptors (Lipinski definition) is 6. The van der Waals surface area contributed by atoms with Crippen molar-refractivity contribution in [2.45, 2.75) is 19.6 Å². The van der Waals surface area contributed by atoms with Crippen LogP contribution in [-0.4, -0.2) is 34.3 Å². The maximum Gasteiger partial charge on any atom is 0.263 e. The summed E-state index contributed by atoms with van der Waals surface area (Å²) in [5.41, 5.74) is 1.83. The molecule has 118 valence electrons. The summed E-state index contributed by atoms with van der Waals surface area (Å²) in [6, 6.07) is 6.66. The molecule has 3 aromatic rings. The molecule has 0 saturated carbocycles. The number of rotatable bonds is 4. The number of aromatic nitrogens is 3. The van der Waals surface area contributed by atoms with E-state index in [1.807, 2.05) is 6.92 Å². The lowest BCUT2D eigenvalue weighted by atomic mass is 10.1. The van der Waals surface area contributed by atoms with E-state index in [0.29, 0.717) is 24.4 Å². The van der Waals surface area contributed by atoms with Gasteiger partial charge in [0.1, 0.15) is 23.3 Å². The third-order valence-electron chi connectivity index (χ3n) is 4.00. The van der Waals surface area contributed by atoms with Gasteiger partial charge in [-0.25, -0.2) is 9.37 Å². The van der Waals surface area contributed by atoms with Crippen molar-refractivity contribution in [1.29, 1.82) is 0 Å². The lowest BCUT2D eigenvalue weighted by Crippen LogP contribution is -2.52. The molecular formula is C16H15FN4O2. The predicted octanol–water partition coefficient (Wildman–Crippen LogP) is 2.47. The largest absolute Gasteiger partial charge is 0.370 e. The van der Waals surface area contributed by atoms with Gasteiger partial charge in [0, 0.05) is 18.7 Å². The standard InChI is InChI=1S/C16H15FN4O2/c1-10-14-15(18-9-19-16(14)23-20-10)21-6-12(7-21)22-8-11-4-2-3-5-13(11)17/h2-5,9,12H,6-8H2,1H3. The Bertz CT molecular complexity index is 845. The Labute approximate surface area is 131 Å². The van der Waals surface area contributed by atoms with Crippen LogP contribution in [0.15, 0.2) is 35.1 Å². The monoisotopic (exact) mass is 314 g/mol. The first-order valence-corrected chi connectivity index (χ1v) is 7.39. The van der Waals surface area contributed by atoms with Crippen molar-refractivity contribution in [2.75, 3.05) is 18.0 Å². The van der Waals surface area contributed by atoms with Crippen LogP contribution in [0, 0.1) is 12.7 Å². The minimum Gasteiger partial charge on any atom is -0.370 e. The van der Waals surface area contributed by atoms with Gasteiger partial charge in [0.15, 0.2) is 0 Å². The highest BCUT2D eigenvalue weighted by atomic mass is 19.1. The Balaban J connectivity index is 1.41. The fourth-order valence-electron chi connectivity index (χ4n) is 2.68. The van der Waals surface area contributed by atoms with Crippen LogP contribution in [0.1, 0.15) is 11.3 Å². The van der Waals surface area contributed by atoms with E-state index in [1.54, 1.807) is 18.2 Å². The van der Waals surface area contributed by atoms with Crippen molar-refractivity contribution in [2.24, 2.45) is 0 Å². The molecule has 0 amide bonds. The molecule has 6 nitrogen and oxygen atoms in total. The molecule has 7 heteroatoms.